The zero-order valence-electron chi connectivity index (χ0n) is 9.11. The van der Waals surface area contributed by atoms with Crippen LogP contribution in [0.5, 0.6) is 5.75 Å². The summed E-state index contributed by atoms with van der Waals surface area (Å²) in [4.78, 5) is 0. The minimum absolute atomic E-state index is 0.500. The number of rotatable bonds is 5. The Morgan fingerprint density at radius 3 is 2.53 bits per heavy atom. The summed E-state index contributed by atoms with van der Waals surface area (Å²) in [6.07, 6.45) is 0. The lowest BCUT2D eigenvalue weighted by Gasteiger charge is -2.19. The quantitative estimate of drug-likeness (QED) is 0.805. The first kappa shape index (κ1) is 12.9. The van der Waals surface area contributed by atoms with E-state index in [0.29, 0.717) is 11.8 Å². The molecule has 1 aromatic carbocycles. The highest BCUT2D eigenvalue weighted by atomic mass is 79.9. The largest absolute Gasteiger partial charge is 0.492 e. The van der Waals surface area contributed by atoms with E-state index in [0.717, 1.165) is 22.6 Å². The monoisotopic (exact) mass is 288 g/mol. The highest BCUT2D eigenvalue weighted by Gasteiger charge is 2.12. The molecule has 15 heavy (non-hydrogen) atoms. The first-order chi connectivity index (χ1) is 7.15. The molecule has 0 saturated heterocycles. The fourth-order valence-electron chi connectivity index (χ4n) is 1.21. The Morgan fingerprint density at radius 2 is 2.00 bits per heavy atom. The van der Waals surface area contributed by atoms with Crippen LogP contribution < -0.4 is 4.74 Å². The molecule has 1 aromatic rings. The van der Waals surface area contributed by atoms with Crippen LogP contribution in [0.25, 0.3) is 0 Å². The van der Waals surface area contributed by atoms with Crippen LogP contribution in [0.3, 0.4) is 0 Å². The van der Waals surface area contributed by atoms with Crippen molar-refractivity contribution in [2.45, 2.75) is 13.8 Å². The van der Waals surface area contributed by atoms with E-state index in [1.54, 1.807) is 0 Å². The molecule has 0 amide bonds. The van der Waals surface area contributed by atoms with Gasteiger partial charge in [0.15, 0.2) is 0 Å². The highest BCUT2D eigenvalue weighted by Crippen LogP contribution is 2.25. The summed E-state index contributed by atoms with van der Waals surface area (Å²) >= 11 is 7.80. The maximum atomic E-state index is 5.76. The van der Waals surface area contributed by atoms with Gasteiger partial charge in [-0.25, -0.2) is 0 Å². The Labute approximate surface area is 106 Å². The normalized spacial score (nSPS) is 12.9. The molecule has 0 saturated carbocycles. The van der Waals surface area contributed by atoms with Crippen LogP contribution in [-0.4, -0.2) is 12.4 Å². The van der Waals surface area contributed by atoms with Crippen molar-refractivity contribution in [3.63, 3.8) is 0 Å². The first-order valence-electron chi connectivity index (χ1n) is 5.13. The van der Waals surface area contributed by atoms with Crippen molar-refractivity contribution in [2.24, 2.45) is 11.8 Å². The lowest BCUT2D eigenvalue weighted by molar-refractivity contribution is 0.226. The number of benzene rings is 1. The summed E-state index contributed by atoms with van der Waals surface area (Å²) < 4.78 is 6.76. The molecule has 0 radical (unpaired) electrons. The van der Waals surface area contributed by atoms with Gasteiger partial charge in [-0.15, -0.1) is 0 Å². The lowest BCUT2D eigenvalue weighted by Crippen LogP contribution is -2.19. The van der Waals surface area contributed by atoms with Crippen molar-refractivity contribution in [2.75, 3.05) is 12.4 Å². The molecule has 0 fully saturated rings. The molecule has 0 aromatic heterocycles. The number of thiol groups is 1. The molecule has 0 N–H and O–H groups in total. The molecule has 0 aliphatic rings. The maximum absolute atomic E-state index is 5.76. The Hall–Kier alpha value is -0.150. The number of para-hydroxylation sites is 1. The van der Waals surface area contributed by atoms with Crippen molar-refractivity contribution in [3.05, 3.63) is 28.7 Å². The van der Waals surface area contributed by atoms with Gasteiger partial charge in [-0.05, 0) is 39.7 Å². The molecule has 1 atom stereocenters. The average Bonchev–Trinajstić information content (AvgIpc) is 2.21. The van der Waals surface area contributed by atoms with E-state index in [-0.39, 0.29) is 0 Å². The van der Waals surface area contributed by atoms with E-state index in [2.05, 4.69) is 42.4 Å². The van der Waals surface area contributed by atoms with Crippen LogP contribution in [0.2, 0.25) is 0 Å². The van der Waals surface area contributed by atoms with Gasteiger partial charge in [0.1, 0.15) is 5.75 Å². The van der Waals surface area contributed by atoms with E-state index in [9.17, 15) is 0 Å². The second-order valence-electron chi connectivity index (χ2n) is 3.93. The van der Waals surface area contributed by atoms with Crippen LogP contribution in [0.1, 0.15) is 13.8 Å². The SMILES string of the molecule is CC(C)C(CS)COc1ccccc1Br. The second-order valence-corrected chi connectivity index (χ2v) is 5.15. The Balaban J connectivity index is 2.53. The van der Waals surface area contributed by atoms with E-state index in [1.165, 1.54) is 0 Å². The molecule has 0 aliphatic carbocycles. The van der Waals surface area contributed by atoms with Crippen LogP contribution >= 0.6 is 28.6 Å². The van der Waals surface area contributed by atoms with Crippen molar-refractivity contribution in [1.82, 2.24) is 0 Å². The van der Waals surface area contributed by atoms with E-state index in [1.807, 2.05) is 24.3 Å². The molecule has 1 unspecified atom stereocenters. The number of hydrogen-bond donors (Lipinski definition) is 1. The molecule has 3 heteroatoms. The fourth-order valence-corrected chi connectivity index (χ4v) is 2.14. The van der Waals surface area contributed by atoms with E-state index >= 15 is 0 Å². The summed E-state index contributed by atoms with van der Waals surface area (Å²) in [7, 11) is 0. The second kappa shape index (κ2) is 6.44. The van der Waals surface area contributed by atoms with Gasteiger partial charge in [0, 0.05) is 5.92 Å². The standard InChI is InChI=1S/C12H17BrOS/c1-9(2)10(8-15)7-14-12-6-4-3-5-11(12)13/h3-6,9-10,15H,7-8H2,1-2H3. The van der Waals surface area contributed by atoms with Gasteiger partial charge in [-0.1, -0.05) is 26.0 Å². The average molecular weight is 289 g/mol. The van der Waals surface area contributed by atoms with Crippen molar-refractivity contribution in [1.29, 1.82) is 0 Å². The first-order valence-corrected chi connectivity index (χ1v) is 6.56. The lowest BCUT2D eigenvalue weighted by atomic mass is 9.99. The topological polar surface area (TPSA) is 9.23 Å². The van der Waals surface area contributed by atoms with Gasteiger partial charge >= 0.3 is 0 Å². The molecule has 84 valence electrons. The highest BCUT2D eigenvalue weighted by molar-refractivity contribution is 9.10. The summed E-state index contributed by atoms with van der Waals surface area (Å²) in [5, 5.41) is 0. The van der Waals surface area contributed by atoms with Gasteiger partial charge in [0.2, 0.25) is 0 Å². The summed E-state index contributed by atoms with van der Waals surface area (Å²) in [6.45, 7) is 5.12. The van der Waals surface area contributed by atoms with Crippen LogP contribution in [0.15, 0.2) is 28.7 Å². The van der Waals surface area contributed by atoms with Gasteiger partial charge in [-0.3, -0.25) is 0 Å². The van der Waals surface area contributed by atoms with Gasteiger partial charge in [0.05, 0.1) is 11.1 Å². The molecular formula is C12H17BrOS. The summed E-state index contributed by atoms with van der Waals surface area (Å²) in [5.41, 5.74) is 0. The predicted molar refractivity (Wildman–Crippen MR) is 71.8 cm³/mol. The molecule has 1 rings (SSSR count). The summed E-state index contributed by atoms with van der Waals surface area (Å²) in [6, 6.07) is 7.92. The van der Waals surface area contributed by atoms with Gasteiger partial charge in [-0.2, -0.15) is 12.6 Å². The molecule has 0 aliphatic heterocycles. The third-order valence-corrected chi connectivity index (χ3v) is 3.59. The summed E-state index contributed by atoms with van der Waals surface area (Å²) in [5.74, 6) is 2.87. The third-order valence-electron chi connectivity index (χ3n) is 2.47. The molecule has 0 heterocycles. The zero-order chi connectivity index (χ0) is 11.3. The smallest absolute Gasteiger partial charge is 0.133 e. The van der Waals surface area contributed by atoms with Crippen LogP contribution in [0.4, 0.5) is 0 Å². The maximum Gasteiger partial charge on any atom is 0.133 e. The van der Waals surface area contributed by atoms with E-state index < -0.39 is 0 Å². The van der Waals surface area contributed by atoms with Crippen molar-refractivity contribution < 1.29 is 4.74 Å². The van der Waals surface area contributed by atoms with Crippen molar-refractivity contribution >= 4 is 28.6 Å². The van der Waals surface area contributed by atoms with E-state index in [4.69, 9.17) is 4.74 Å². The molecule has 0 bridgehead atoms. The number of ether oxygens (including phenoxy) is 1. The van der Waals surface area contributed by atoms with Crippen LogP contribution in [-0.2, 0) is 0 Å². The van der Waals surface area contributed by atoms with Crippen molar-refractivity contribution in [3.8, 4) is 5.75 Å². The number of hydrogen-bond acceptors (Lipinski definition) is 2. The molecule has 0 spiro atoms. The minimum Gasteiger partial charge on any atom is -0.492 e. The fraction of sp³-hybridized carbons (Fsp3) is 0.500. The minimum atomic E-state index is 0.500. The van der Waals surface area contributed by atoms with Crippen LogP contribution in [0, 0.1) is 11.8 Å². The zero-order valence-corrected chi connectivity index (χ0v) is 11.6. The molecule has 1 nitrogen and oxygen atoms in total. The Bertz CT molecular complexity index is 301. The third kappa shape index (κ3) is 4.07. The Morgan fingerprint density at radius 1 is 1.33 bits per heavy atom. The number of halogens is 1. The van der Waals surface area contributed by atoms with Gasteiger partial charge in [0.25, 0.3) is 0 Å². The van der Waals surface area contributed by atoms with Gasteiger partial charge < -0.3 is 4.74 Å². The predicted octanol–water partition coefficient (Wildman–Crippen LogP) is 4.03. The molecular weight excluding hydrogens is 272 g/mol. The Kier molecular flexibility index (Phi) is 5.54.